The molecule has 3 aromatic rings. The lowest BCUT2D eigenvalue weighted by Gasteiger charge is -2.24. The van der Waals surface area contributed by atoms with Crippen LogP contribution in [0.2, 0.25) is 0 Å². The molecule has 1 aliphatic carbocycles. The minimum Gasteiger partial charge on any atom is -0.507 e. The molecule has 0 aliphatic heterocycles. The monoisotopic (exact) mass is 341 g/mol. The normalized spacial score (nSPS) is 17.0. The SMILES string of the molecule is Cc1ccc(O)c(C(=N[C@@H]2CCCc3ccccc32)c2ccccc2)c1. The van der Waals surface area contributed by atoms with Gasteiger partial charge in [-0.2, -0.15) is 0 Å². The van der Waals surface area contributed by atoms with Crippen molar-refractivity contribution < 1.29 is 5.11 Å². The number of hydrogen-bond donors (Lipinski definition) is 1. The molecule has 0 spiro atoms. The number of nitrogens with zero attached hydrogens (tertiary/aromatic N) is 1. The van der Waals surface area contributed by atoms with Crippen LogP contribution >= 0.6 is 0 Å². The number of aryl methyl sites for hydroxylation is 2. The molecule has 0 saturated carbocycles. The van der Waals surface area contributed by atoms with Crippen LogP contribution in [0, 0.1) is 6.92 Å². The molecular formula is C24H23NO. The average Bonchev–Trinajstić information content (AvgIpc) is 2.69. The fraction of sp³-hybridized carbons (Fsp3) is 0.208. The number of aliphatic imine (C=N–C) groups is 1. The van der Waals surface area contributed by atoms with Gasteiger partial charge in [0.25, 0.3) is 0 Å². The highest BCUT2D eigenvalue weighted by Gasteiger charge is 2.21. The lowest BCUT2D eigenvalue weighted by Crippen LogP contribution is -2.12. The lowest BCUT2D eigenvalue weighted by atomic mass is 9.87. The third-order valence-corrected chi connectivity index (χ3v) is 5.08. The van der Waals surface area contributed by atoms with Crippen molar-refractivity contribution >= 4 is 5.71 Å². The standard InChI is InChI=1S/C24H23NO/c1-17-14-15-23(26)21(16-17)24(19-9-3-2-4-10-19)25-22-13-7-11-18-8-5-6-12-20(18)22/h2-6,8-10,12,14-16,22,26H,7,11,13H2,1H3/t22-/m1/s1. The van der Waals surface area contributed by atoms with E-state index in [-0.39, 0.29) is 11.8 Å². The van der Waals surface area contributed by atoms with Crippen molar-refractivity contribution in [3.63, 3.8) is 0 Å². The number of benzene rings is 3. The third-order valence-electron chi connectivity index (χ3n) is 5.08. The molecule has 0 unspecified atom stereocenters. The molecular weight excluding hydrogens is 318 g/mol. The molecule has 0 radical (unpaired) electrons. The second-order valence-electron chi connectivity index (χ2n) is 6.97. The molecule has 1 atom stereocenters. The molecule has 0 amide bonds. The van der Waals surface area contributed by atoms with Crippen LogP contribution in [-0.2, 0) is 6.42 Å². The van der Waals surface area contributed by atoms with Crippen LogP contribution in [0.5, 0.6) is 5.75 Å². The summed E-state index contributed by atoms with van der Waals surface area (Å²) in [5, 5.41) is 10.5. The highest BCUT2D eigenvalue weighted by molar-refractivity contribution is 6.14. The van der Waals surface area contributed by atoms with E-state index in [1.807, 2.05) is 37.3 Å². The number of phenolic OH excluding ortho intramolecular Hbond substituents is 1. The van der Waals surface area contributed by atoms with Gasteiger partial charge in [-0.05, 0) is 49.4 Å². The van der Waals surface area contributed by atoms with Gasteiger partial charge in [0.2, 0.25) is 0 Å². The summed E-state index contributed by atoms with van der Waals surface area (Å²) in [6.07, 6.45) is 3.31. The third kappa shape index (κ3) is 3.28. The van der Waals surface area contributed by atoms with E-state index in [4.69, 9.17) is 4.99 Å². The summed E-state index contributed by atoms with van der Waals surface area (Å²) < 4.78 is 0. The Morgan fingerprint density at radius 2 is 1.73 bits per heavy atom. The summed E-state index contributed by atoms with van der Waals surface area (Å²) in [5.74, 6) is 0.280. The average molecular weight is 341 g/mol. The summed E-state index contributed by atoms with van der Waals surface area (Å²) in [6, 6.07) is 24.6. The quantitative estimate of drug-likeness (QED) is 0.617. The van der Waals surface area contributed by atoms with Crippen molar-refractivity contribution in [2.75, 3.05) is 0 Å². The van der Waals surface area contributed by atoms with Gasteiger partial charge in [0.15, 0.2) is 0 Å². The fourth-order valence-corrected chi connectivity index (χ4v) is 3.75. The molecule has 1 aliphatic rings. The van der Waals surface area contributed by atoms with E-state index in [0.29, 0.717) is 0 Å². The van der Waals surface area contributed by atoms with Crippen molar-refractivity contribution in [2.24, 2.45) is 4.99 Å². The molecule has 0 fully saturated rings. The number of aromatic hydroxyl groups is 1. The highest BCUT2D eigenvalue weighted by Crippen LogP contribution is 2.34. The second kappa shape index (κ2) is 7.17. The highest BCUT2D eigenvalue weighted by atomic mass is 16.3. The minimum absolute atomic E-state index is 0.134. The van der Waals surface area contributed by atoms with Crippen molar-refractivity contribution in [3.8, 4) is 5.75 Å². The van der Waals surface area contributed by atoms with Crippen LogP contribution in [0.3, 0.4) is 0 Å². The predicted octanol–water partition coefficient (Wildman–Crippen LogP) is 5.62. The first-order chi connectivity index (χ1) is 12.7. The van der Waals surface area contributed by atoms with E-state index >= 15 is 0 Å². The molecule has 0 saturated heterocycles. The number of fused-ring (bicyclic) bond motifs is 1. The van der Waals surface area contributed by atoms with E-state index in [9.17, 15) is 5.11 Å². The predicted molar refractivity (Wildman–Crippen MR) is 107 cm³/mol. The van der Waals surface area contributed by atoms with Crippen LogP contribution in [0.25, 0.3) is 0 Å². The summed E-state index contributed by atoms with van der Waals surface area (Å²) >= 11 is 0. The Labute approximate surface area is 154 Å². The van der Waals surface area contributed by atoms with E-state index in [1.54, 1.807) is 6.07 Å². The van der Waals surface area contributed by atoms with Gasteiger partial charge in [0.1, 0.15) is 5.75 Å². The van der Waals surface area contributed by atoms with Crippen molar-refractivity contribution in [2.45, 2.75) is 32.2 Å². The zero-order valence-corrected chi connectivity index (χ0v) is 15.0. The number of rotatable bonds is 3. The molecule has 2 nitrogen and oxygen atoms in total. The maximum Gasteiger partial charge on any atom is 0.124 e. The molecule has 130 valence electrons. The van der Waals surface area contributed by atoms with Crippen LogP contribution in [-0.4, -0.2) is 10.8 Å². The topological polar surface area (TPSA) is 32.6 Å². The van der Waals surface area contributed by atoms with Gasteiger partial charge in [-0.15, -0.1) is 0 Å². The van der Waals surface area contributed by atoms with Crippen LogP contribution in [0.4, 0.5) is 0 Å². The first kappa shape index (κ1) is 16.6. The Balaban J connectivity index is 1.87. The molecule has 2 heteroatoms. The molecule has 0 aromatic heterocycles. The number of hydrogen-bond acceptors (Lipinski definition) is 2. The van der Waals surface area contributed by atoms with E-state index in [2.05, 4.69) is 36.4 Å². The molecule has 3 aromatic carbocycles. The largest absolute Gasteiger partial charge is 0.507 e. The lowest BCUT2D eigenvalue weighted by molar-refractivity contribution is 0.474. The summed E-state index contributed by atoms with van der Waals surface area (Å²) in [7, 11) is 0. The minimum atomic E-state index is 0.134. The maximum atomic E-state index is 10.5. The zero-order valence-electron chi connectivity index (χ0n) is 15.0. The first-order valence-corrected chi connectivity index (χ1v) is 9.23. The Hall–Kier alpha value is -2.87. The van der Waals surface area contributed by atoms with E-state index in [1.165, 1.54) is 11.1 Å². The molecule has 0 bridgehead atoms. The van der Waals surface area contributed by atoms with Gasteiger partial charge in [-0.1, -0.05) is 66.2 Å². The Morgan fingerprint density at radius 1 is 0.962 bits per heavy atom. The van der Waals surface area contributed by atoms with Gasteiger partial charge in [0, 0.05) is 11.1 Å². The van der Waals surface area contributed by atoms with Gasteiger partial charge >= 0.3 is 0 Å². The van der Waals surface area contributed by atoms with Crippen molar-refractivity contribution in [3.05, 3.63) is 101 Å². The molecule has 26 heavy (non-hydrogen) atoms. The first-order valence-electron chi connectivity index (χ1n) is 9.23. The number of phenols is 1. The van der Waals surface area contributed by atoms with Gasteiger partial charge in [-0.3, -0.25) is 4.99 Å². The maximum absolute atomic E-state index is 10.5. The Bertz CT molecular complexity index is 943. The van der Waals surface area contributed by atoms with Crippen LogP contribution in [0.1, 0.15) is 46.7 Å². The Kier molecular flexibility index (Phi) is 4.57. The molecule has 4 rings (SSSR count). The summed E-state index contributed by atoms with van der Waals surface area (Å²) in [5.41, 5.74) is 6.54. The van der Waals surface area contributed by atoms with Gasteiger partial charge < -0.3 is 5.11 Å². The van der Waals surface area contributed by atoms with E-state index in [0.717, 1.165) is 41.7 Å². The molecule has 1 N–H and O–H groups in total. The van der Waals surface area contributed by atoms with Gasteiger partial charge in [0.05, 0.1) is 11.8 Å². The zero-order chi connectivity index (χ0) is 17.9. The van der Waals surface area contributed by atoms with Crippen molar-refractivity contribution in [1.29, 1.82) is 0 Å². The Morgan fingerprint density at radius 3 is 2.58 bits per heavy atom. The van der Waals surface area contributed by atoms with E-state index < -0.39 is 0 Å². The van der Waals surface area contributed by atoms with Crippen LogP contribution in [0.15, 0.2) is 77.8 Å². The summed E-state index contributed by atoms with van der Waals surface area (Å²) in [4.78, 5) is 5.18. The summed E-state index contributed by atoms with van der Waals surface area (Å²) in [6.45, 7) is 2.04. The van der Waals surface area contributed by atoms with Crippen molar-refractivity contribution in [1.82, 2.24) is 0 Å². The molecule has 0 heterocycles. The fourth-order valence-electron chi connectivity index (χ4n) is 3.75. The van der Waals surface area contributed by atoms with Crippen LogP contribution < -0.4 is 0 Å². The second-order valence-corrected chi connectivity index (χ2v) is 6.97. The van der Waals surface area contributed by atoms with Gasteiger partial charge in [-0.25, -0.2) is 0 Å². The smallest absolute Gasteiger partial charge is 0.124 e.